The topological polar surface area (TPSA) is 84.9 Å². The summed E-state index contributed by atoms with van der Waals surface area (Å²) in [4.78, 5) is 41.3. The third-order valence-electron chi connectivity index (χ3n) is 7.43. The van der Waals surface area contributed by atoms with Crippen LogP contribution in [0.1, 0.15) is 56.9 Å². The SMILES string of the molecule is CCN1C2=C(C(=O)CCC2)C(c2ccc(OCC(=O)Nc3ccccc3OC)c(Br)c2)C2=C1CCCC2=O. The van der Waals surface area contributed by atoms with Crippen molar-refractivity contribution >= 4 is 39.1 Å². The first-order valence-electron chi connectivity index (χ1n) is 13.1. The first kappa shape index (κ1) is 26.2. The molecule has 0 bridgehead atoms. The average Bonchev–Trinajstić information content (AvgIpc) is 2.92. The highest BCUT2D eigenvalue weighted by Gasteiger charge is 2.42. The highest BCUT2D eigenvalue weighted by molar-refractivity contribution is 9.10. The van der Waals surface area contributed by atoms with E-state index in [1.807, 2.05) is 24.3 Å². The second-order valence-electron chi connectivity index (χ2n) is 9.68. The van der Waals surface area contributed by atoms with Crippen molar-refractivity contribution in [3.63, 3.8) is 0 Å². The number of carbonyl (C=O) groups is 3. The minimum atomic E-state index is -0.373. The van der Waals surface area contributed by atoms with Crippen LogP contribution in [0.25, 0.3) is 0 Å². The van der Waals surface area contributed by atoms with Crippen LogP contribution in [0.15, 0.2) is 69.5 Å². The van der Waals surface area contributed by atoms with Crippen molar-refractivity contribution in [3.8, 4) is 11.5 Å². The molecule has 0 unspecified atom stereocenters. The molecular weight excluding hydrogens is 548 g/mol. The van der Waals surface area contributed by atoms with Crippen molar-refractivity contribution in [2.75, 3.05) is 25.6 Å². The summed E-state index contributed by atoms with van der Waals surface area (Å²) in [5, 5.41) is 2.80. The molecule has 2 aromatic carbocycles. The smallest absolute Gasteiger partial charge is 0.262 e. The molecule has 1 heterocycles. The summed E-state index contributed by atoms with van der Waals surface area (Å²) in [5.41, 5.74) is 5.13. The van der Waals surface area contributed by atoms with Crippen LogP contribution in [0.3, 0.4) is 0 Å². The molecule has 1 amide bonds. The lowest BCUT2D eigenvalue weighted by Gasteiger charge is -2.43. The van der Waals surface area contributed by atoms with Crippen molar-refractivity contribution in [2.45, 2.75) is 51.4 Å². The number of hydrogen-bond acceptors (Lipinski definition) is 6. The molecule has 0 fully saturated rings. The molecule has 2 aliphatic carbocycles. The quantitative estimate of drug-likeness (QED) is 0.439. The van der Waals surface area contributed by atoms with Crippen LogP contribution >= 0.6 is 15.9 Å². The van der Waals surface area contributed by atoms with Crippen LogP contribution in [-0.4, -0.2) is 42.6 Å². The zero-order chi connectivity index (χ0) is 26.8. The lowest BCUT2D eigenvalue weighted by atomic mass is 9.71. The highest BCUT2D eigenvalue weighted by atomic mass is 79.9. The Bertz CT molecular complexity index is 1320. The van der Waals surface area contributed by atoms with Gasteiger partial charge in [-0.3, -0.25) is 14.4 Å². The van der Waals surface area contributed by atoms with Gasteiger partial charge in [0.05, 0.1) is 17.3 Å². The summed E-state index contributed by atoms with van der Waals surface area (Å²) >= 11 is 3.60. The van der Waals surface area contributed by atoms with E-state index < -0.39 is 0 Å². The molecule has 0 radical (unpaired) electrons. The largest absolute Gasteiger partial charge is 0.495 e. The molecule has 8 heteroatoms. The molecule has 1 aliphatic heterocycles. The number of methoxy groups -OCH3 is 1. The maximum absolute atomic E-state index is 13.3. The number of benzene rings is 2. The number of nitrogens with one attached hydrogen (secondary N) is 1. The Labute approximate surface area is 231 Å². The van der Waals surface area contributed by atoms with Crippen molar-refractivity contribution in [1.82, 2.24) is 4.90 Å². The Morgan fingerprint density at radius 2 is 1.63 bits per heavy atom. The predicted octanol–water partition coefficient (Wildman–Crippen LogP) is 5.91. The Morgan fingerprint density at radius 3 is 2.24 bits per heavy atom. The van der Waals surface area contributed by atoms with Crippen LogP contribution in [0.2, 0.25) is 0 Å². The van der Waals surface area contributed by atoms with Gasteiger partial charge in [0.15, 0.2) is 18.2 Å². The molecular formula is C30H31BrN2O5. The van der Waals surface area contributed by atoms with E-state index in [1.54, 1.807) is 25.3 Å². The number of anilines is 1. The number of hydrogen-bond donors (Lipinski definition) is 1. The van der Waals surface area contributed by atoms with Gasteiger partial charge in [0.2, 0.25) is 0 Å². The number of carbonyl (C=O) groups excluding carboxylic acids is 3. The Kier molecular flexibility index (Phi) is 7.70. The molecule has 3 aliphatic rings. The lowest BCUT2D eigenvalue weighted by Crippen LogP contribution is -2.39. The number of ether oxygens (including phenoxy) is 2. The van der Waals surface area contributed by atoms with E-state index in [1.165, 1.54) is 0 Å². The van der Waals surface area contributed by atoms with Gasteiger partial charge in [-0.2, -0.15) is 0 Å². The third kappa shape index (κ3) is 4.89. The first-order chi connectivity index (χ1) is 18.4. The predicted molar refractivity (Wildman–Crippen MR) is 148 cm³/mol. The van der Waals surface area contributed by atoms with Gasteiger partial charge in [0, 0.05) is 47.8 Å². The molecule has 1 N–H and O–H groups in total. The van der Waals surface area contributed by atoms with Crippen molar-refractivity contribution in [2.24, 2.45) is 0 Å². The number of allylic oxidation sites excluding steroid dienone is 4. The van der Waals surface area contributed by atoms with Gasteiger partial charge in [-0.05, 0) is 78.4 Å². The van der Waals surface area contributed by atoms with E-state index in [0.717, 1.165) is 60.3 Å². The number of Topliss-reactive ketones (excluding diaryl/α,β-unsaturated/α-hetero) is 2. The van der Waals surface area contributed by atoms with E-state index >= 15 is 0 Å². The van der Waals surface area contributed by atoms with E-state index in [-0.39, 0.29) is 30.0 Å². The molecule has 2 aromatic rings. The molecule has 0 saturated carbocycles. The number of rotatable bonds is 7. The molecule has 0 spiro atoms. The molecule has 38 heavy (non-hydrogen) atoms. The molecule has 0 saturated heterocycles. The van der Waals surface area contributed by atoms with Crippen molar-refractivity contribution < 1.29 is 23.9 Å². The lowest BCUT2D eigenvalue weighted by molar-refractivity contribution is -0.118. The summed E-state index contributed by atoms with van der Waals surface area (Å²) in [5.74, 6) is 0.638. The van der Waals surface area contributed by atoms with Gasteiger partial charge in [-0.1, -0.05) is 18.2 Å². The standard InChI is InChI=1S/C30H31BrN2O5/c1-3-33-21-9-6-11-23(34)29(21)28(30-22(33)10-7-12-24(30)35)18-14-15-25(19(31)16-18)38-17-27(36)32-20-8-4-5-13-26(20)37-2/h4-5,8,13-16,28H,3,6-7,9-12,17H2,1-2H3,(H,32,36). The summed E-state index contributed by atoms with van der Waals surface area (Å²) in [6, 6.07) is 12.8. The molecule has 198 valence electrons. The summed E-state index contributed by atoms with van der Waals surface area (Å²) < 4.78 is 11.8. The zero-order valence-electron chi connectivity index (χ0n) is 21.6. The average molecular weight is 579 g/mol. The van der Waals surface area contributed by atoms with Gasteiger partial charge in [0.25, 0.3) is 5.91 Å². The summed E-state index contributed by atoms with van der Waals surface area (Å²) in [6.45, 7) is 2.64. The van der Waals surface area contributed by atoms with Gasteiger partial charge in [-0.25, -0.2) is 0 Å². The van der Waals surface area contributed by atoms with Crippen molar-refractivity contribution in [1.29, 1.82) is 0 Å². The summed E-state index contributed by atoms with van der Waals surface area (Å²) in [7, 11) is 1.55. The van der Waals surface area contributed by atoms with E-state index in [4.69, 9.17) is 9.47 Å². The minimum absolute atomic E-state index is 0.129. The fourth-order valence-electron chi connectivity index (χ4n) is 5.82. The van der Waals surface area contributed by atoms with Crippen LogP contribution in [-0.2, 0) is 14.4 Å². The number of nitrogens with zero attached hydrogens (tertiary/aromatic N) is 1. The van der Waals surface area contributed by atoms with Crippen molar-refractivity contribution in [3.05, 3.63) is 75.0 Å². The zero-order valence-corrected chi connectivity index (χ0v) is 23.2. The maximum atomic E-state index is 13.3. The van der Waals surface area contributed by atoms with Crippen LogP contribution in [0, 0.1) is 0 Å². The number of halogens is 1. The number of ketones is 2. The number of para-hydroxylation sites is 2. The Hall–Kier alpha value is -3.39. The molecule has 0 atom stereocenters. The maximum Gasteiger partial charge on any atom is 0.262 e. The van der Waals surface area contributed by atoms with Crippen LogP contribution in [0.5, 0.6) is 11.5 Å². The normalized spacial score (nSPS) is 17.8. The minimum Gasteiger partial charge on any atom is -0.495 e. The van der Waals surface area contributed by atoms with E-state index in [0.29, 0.717) is 34.5 Å². The molecule has 0 aromatic heterocycles. The fraction of sp³-hybridized carbons (Fsp3) is 0.367. The molecule has 5 rings (SSSR count). The second-order valence-corrected chi connectivity index (χ2v) is 10.5. The third-order valence-corrected chi connectivity index (χ3v) is 8.05. The first-order valence-corrected chi connectivity index (χ1v) is 13.9. The molecule has 7 nitrogen and oxygen atoms in total. The highest BCUT2D eigenvalue weighted by Crippen LogP contribution is 2.49. The second kappa shape index (κ2) is 11.2. The van der Waals surface area contributed by atoms with Gasteiger partial charge >= 0.3 is 0 Å². The Balaban J connectivity index is 1.41. The fourth-order valence-corrected chi connectivity index (χ4v) is 6.33. The van der Waals surface area contributed by atoms with E-state index in [2.05, 4.69) is 33.1 Å². The van der Waals surface area contributed by atoms with Crippen LogP contribution in [0.4, 0.5) is 5.69 Å². The number of amides is 1. The van der Waals surface area contributed by atoms with Crippen LogP contribution < -0.4 is 14.8 Å². The van der Waals surface area contributed by atoms with Gasteiger partial charge in [0.1, 0.15) is 11.5 Å². The van der Waals surface area contributed by atoms with Gasteiger partial charge in [-0.15, -0.1) is 0 Å². The van der Waals surface area contributed by atoms with E-state index in [9.17, 15) is 14.4 Å². The Morgan fingerprint density at radius 1 is 0.974 bits per heavy atom. The summed E-state index contributed by atoms with van der Waals surface area (Å²) in [6.07, 6.45) is 4.39. The monoisotopic (exact) mass is 578 g/mol. The van der Waals surface area contributed by atoms with Gasteiger partial charge < -0.3 is 19.7 Å².